The van der Waals surface area contributed by atoms with Crippen molar-refractivity contribution in [1.29, 1.82) is 0 Å². The molecule has 0 aliphatic heterocycles. The lowest BCUT2D eigenvalue weighted by atomic mass is 9.78. The van der Waals surface area contributed by atoms with Gasteiger partial charge >= 0.3 is 0 Å². The molecule has 0 spiro atoms. The van der Waals surface area contributed by atoms with Crippen LogP contribution in [0.2, 0.25) is 0 Å². The second kappa shape index (κ2) is 2.95. The summed E-state index contributed by atoms with van der Waals surface area (Å²) in [6, 6.07) is 0.268. The Morgan fingerprint density at radius 2 is 2.27 bits per heavy atom. The van der Waals surface area contributed by atoms with Gasteiger partial charge in [0, 0.05) is 11.6 Å². The summed E-state index contributed by atoms with van der Waals surface area (Å²) in [5, 5.41) is 0. The van der Waals surface area contributed by atoms with Gasteiger partial charge in [0.05, 0.1) is 0 Å². The summed E-state index contributed by atoms with van der Waals surface area (Å²) in [5.74, 6) is 0. The number of rotatable bonds is 0. The minimum atomic E-state index is -0.0699. The van der Waals surface area contributed by atoms with E-state index in [1.165, 1.54) is 5.57 Å². The Bertz CT molecular complexity index is 170. The van der Waals surface area contributed by atoms with Crippen molar-refractivity contribution in [3.05, 3.63) is 11.6 Å². The van der Waals surface area contributed by atoms with Crippen LogP contribution in [0.5, 0.6) is 0 Å². The maximum absolute atomic E-state index is 6.01. The summed E-state index contributed by atoms with van der Waals surface area (Å²) in [5.41, 5.74) is 13.2. The fourth-order valence-corrected chi connectivity index (χ4v) is 1.89. The van der Waals surface area contributed by atoms with Gasteiger partial charge in [-0.3, -0.25) is 0 Å². The van der Waals surface area contributed by atoms with E-state index in [9.17, 15) is 0 Å². The molecule has 0 amide bonds. The smallest absolute Gasteiger partial charge is 0.0178 e. The van der Waals surface area contributed by atoms with Crippen LogP contribution in [0.1, 0.15) is 33.1 Å². The second-order valence-electron chi connectivity index (χ2n) is 3.95. The summed E-state index contributed by atoms with van der Waals surface area (Å²) in [4.78, 5) is 0. The van der Waals surface area contributed by atoms with E-state index < -0.39 is 0 Å². The van der Waals surface area contributed by atoms with Gasteiger partial charge in [0.25, 0.3) is 0 Å². The van der Waals surface area contributed by atoms with E-state index in [1.54, 1.807) is 0 Å². The van der Waals surface area contributed by atoms with Crippen molar-refractivity contribution in [3.8, 4) is 0 Å². The molecule has 0 aromatic heterocycles. The van der Waals surface area contributed by atoms with Gasteiger partial charge in [0.2, 0.25) is 0 Å². The predicted octanol–water partition coefficient (Wildman–Crippen LogP) is 1.16. The molecule has 1 fully saturated rings. The molecule has 0 bridgehead atoms. The zero-order valence-corrected chi connectivity index (χ0v) is 7.43. The van der Waals surface area contributed by atoms with Crippen LogP contribution in [-0.2, 0) is 0 Å². The van der Waals surface area contributed by atoms with Crippen LogP contribution in [-0.4, -0.2) is 11.6 Å². The zero-order chi connectivity index (χ0) is 8.48. The first-order valence-electron chi connectivity index (χ1n) is 4.22. The molecule has 2 atom stereocenters. The van der Waals surface area contributed by atoms with Crippen LogP contribution in [0, 0.1) is 0 Å². The highest BCUT2D eigenvalue weighted by molar-refractivity contribution is 5.12. The lowest BCUT2D eigenvalue weighted by Crippen LogP contribution is -2.46. The number of nitrogens with two attached hydrogens (primary N) is 2. The van der Waals surface area contributed by atoms with E-state index in [4.69, 9.17) is 11.5 Å². The van der Waals surface area contributed by atoms with Crippen LogP contribution in [0.15, 0.2) is 11.6 Å². The highest BCUT2D eigenvalue weighted by atomic mass is 14.8. The van der Waals surface area contributed by atoms with Crippen LogP contribution in [0.3, 0.4) is 0 Å². The van der Waals surface area contributed by atoms with Crippen molar-refractivity contribution < 1.29 is 0 Å². The van der Waals surface area contributed by atoms with E-state index in [2.05, 4.69) is 19.9 Å². The van der Waals surface area contributed by atoms with Crippen LogP contribution in [0.4, 0.5) is 0 Å². The Morgan fingerprint density at radius 1 is 1.64 bits per heavy atom. The van der Waals surface area contributed by atoms with Crippen molar-refractivity contribution in [2.24, 2.45) is 11.5 Å². The highest BCUT2D eigenvalue weighted by Crippen LogP contribution is 2.28. The van der Waals surface area contributed by atoms with Crippen molar-refractivity contribution in [1.82, 2.24) is 0 Å². The molecule has 2 nitrogen and oxygen atoms in total. The van der Waals surface area contributed by atoms with Crippen LogP contribution in [0.25, 0.3) is 0 Å². The molecule has 4 N–H and O–H groups in total. The van der Waals surface area contributed by atoms with Gasteiger partial charge in [-0.1, -0.05) is 11.6 Å². The fraction of sp³-hybridized carbons (Fsp3) is 0.778. The Kier molecular flexibility index (Phi) is 2.35. The van der Waals surface area contributed by atoms with Gasteiger partial charge in [0.1, 0.15) is 0 Å². The van der Waals surface area contributed by atoms with Crippen molar-refractivity contribution in [2.75, 3.05) is 0 Å². The molecule has 1 aliphatic carbocycles. The summed E-state index contributed by atoms with van der Waals surface area (Å²) in [7, 11) is 0. The quantitative estimate of drug-likeness (QED) is 0.514. The Morgan fingerprint density at radius 3 is 2.73 bits per heavy atom. The topological polar surface area (TPSA) is 52.0 Å². The third kappa shape index (κ3) is 2.31. The first-order chi connectivity index (χ1) is 5.03. The number of allylic oxidation sites excluding steroid dienone is 1. The predicted molar refractivity (Wildman–Crippen MR) is 48.2 cm³/mol. The molecule has 1 aliphatic rings. The first-order valence-corrected chi connectivity index (χ1v) is 4.22. The monoisotopic (exact) mass is 154 g/mol. The second-order valence-corrected chi connectivity index (χ2v) is 3.95. The SMILES string of the molecule is C/C=C1/CC(N)CC(C)(N)C1. The van der Waals surface area contributed by atoms with Gasteiger partial charge < -0.3 is 11.5 Å². The van der Waals surface area contributed by atoms with Gasteiger partial charge in [-0.2, -0.15) is 0 Å². The third-order valence-electron chi connectivity index (χ3n) is 2.29. The first kappa shape index (κ1) is 8.75. The van der Waals surface area contributed by atoms with Gasteiger partial charge in [-0.15, -0.1) is 0 Å². The summed E-state index contributed by atoms with van der Waals surface area (Å²) < 4.78 is 0. The molecule has 0 saturated heterocycles. The highest BCUT2D eigenvalue weighted by Gasteiger charge is 2.28. The average Bonchev–Trinajstić information content (AvgIpc) is 1.83. The lowest BCUT2D eigenvalue weighted by Gasteiger charge is -2.34. The molecule has 2 unspecified atom stereocenters. The summed E-state index contributed by atoms with van der Waals surface area (Å²) in [6.45, 7) is 4.14. The minimum absolute atomic E-state index is 0.0699. The van der Waals surface area contributed by atoms with Gasteiger partial charge in [-0.05, 0) is 33.1 Å². The number of hydrogen-bond donors (Lipinski definition) is 2. The Labute approximate surface area is 68.6 Å². The lowest BCUT2D eigenvalue weighted by molar-refractivity contribution is 0.342. The maximum Gasteiger partial charge on any atom is 0.0178 e. The molecule has 0 aromatic carbocycles. The molecular formula is C9H18N2. The summed E-state index contributed by atoms with van der Waals surface area (Å²) >= 11 is 0. The van der Waals surface area contributed by atoms with Crippen molar-refractivity contribution >= 4 is 0 Å². The number of hydrogen-bond acceptors (Lipinski definition) is 2. The van der Waals surface area contributed by atoms with Crippen molar-refractivity contribution in [2.45, 2.75) is 44.7 Å². The van der Waals surface area contributed by atoms with Crippen molar-refractivity contribution in [3.63, 3.8) is 0 Å². The zero-order valence-electron chi connectivity index (χ0n) is 7.43. The normalized spacial score (nSPS) is 42.9. The molecule has 0 radical (unpaired) electrons. The van der Waals surface area contributed by atoms with E-state index in [0.29, 0.717) is 0 Å². The molecule has 11 heavy (non-hydrogen) atoms. The van der Waals surface area contributed by atoms with E-state index >= 15 is 0 Å². The molecule has 2 heteroatoms. The van der Waals surface area contributed by atoms with E-state index in [1.807, 2.05) is 0 Å². The maximum atomic E-state index is 6.01. The Hall–Kier alpha value is -0.340. The summed E-state index contributed by atoms with van der Waals surface area (Å²) in [6.07, 6.45) is 5.13. The van der Waals surface area contributed by atoms with Gasteiger partial charge in [0.15, 0.2) is 0 Å². The molecule has 1 rings (SSSR count). The average molecular weight is 154 g/mol. The molecule has 64 valence electrons. The minimum Gasteiger partial charge on any atom is -0.327 e. The Balaban J connectivity index is 2.66. The van der Waals surface area contributed by atoms with Gasteiger partial charge in [-0.25, -0.2) is 0 Å². The van der Waals surface area contributed by atoms with Crippen LogP contribution >= 0.6 is 0 Å². The third-order valence-corrected chi connectivity index (χ3v) is 2.29. The fourth-order valence-electron chi connectivity index (χ4n) is 1.89. The molecule has 0 aromatic rings. The molecular weight excluding hydrogens is 136 g/mol. The molecule has 1 saturated carbocycles. The van der Waals surface area contributed by atoms with E-state index in [-0.39, 0.29) is 11.6 Å². The van der Waals surface area contributed by atoms with E-state index in [0.717, 1.165) is 19.3 Å². The standard InChI is InChI=1S/C9H18N2/c1-3-7-4-8(10)6-9(2,11)5-7/h3,8H,4-6,10-11H2,1-2H3/b7-3-. The molecule has 0 heterocycles. The van der Waals surface area contributed by atoms with Crippen LogP contribution < -0.4 is 11.5 Å². The largest absolute Gasteiger partial charge is 0.327 e.